The van der Waals surface area contributed by atoms with Gasteiger partial charge in [-0.3, -0.25) is 9.97 Å². The fraction of sp³-hybridized carbons (Fsp3) is 0.500. The van der Waals surface area contributed by atoms with Gasteiger partial charge in [-0.05, 0) is 31.0 Å². The molecule has 0 saturated carbocycles. The van der Waals surface area contributed by atoms with Crippen LogP contribution in [0.1, 0.15) is 44.7 Å². The van der Waals surface area contributed by atoms with Crippen LogP contribution < -0.4 is 5.32 Å². The highest BCUT2D eigenvalue weighted by Crippen LogP contribution is 2.27. The van der Waals surface area contributed by atoms with Gasteiger partial charge in [-0.25, -0.2) is 0 Å². The maximum atomic E-state index is 4.50. The zero-order valence-corrected chi connectivity index (χ0v) is 12.1. The van der Waals surface area contributed by atoms with Gasteiger partial charge in [0.1, 0.15) is 0 Å². The van der Waals surface area contributed by atoms with Crippen LogP contribution in [0.2, 0.25) is 0 Å². The van der Waals surface area contributed by atoms with E-state index in [4.69, 9.17) is 0 Å². The Morgan fingerprint density at radius 2 is 2.00 bits per heavy atom. The van der Waals surface area contributed by atoms with Crippen molar-refractivity contribution in [2.45, 2.75) is 39.2 Å². The lowest BCUT2D eigenvalue weighted by molar-refractivity contribution is 0.408. The molecule has 0 radical (unpaired) electrons. The molecule has 0 bridgehead atoms. The summed E-state index contributed by atoms with van der Waals surface area (Å²) >= 11 is 0. The van der Waals surface area contributed by atoms with E-state index in [0.29, 0.717) is 6.04 Å². The Kier molecular flexibility index (Phi) is 4.86. The first-order valence-corrected chi connectivity index (χ1v) is 7.13. The van der Waals surface area contributed by atoms with Crippen LogP contribution in [0, 0.1) is 5.92 Å². The molecule has 0 fully saturated rings. The van der Waals surface area contributed by atoms with Crippen LogP contribution in [0.4, 0.5) is 0 Å². The number of nitrogens with one attached hydrogen (secondary N) is 1. The van der Waals surface area contributed by atoms with E-state index in [-0.39, 0.29) is 0 Å². The van der Waals surface area contributed by atoms with Gasteiger partial charge in [0, 0.05) is 18.4 Å². The Morgan fingerprint density at radius 3 is 2.74 bits per heavy atom. The first kappa shape index (κ1) is 13.9. The third-order valence-corrected chi connectivity index (χ3v) is 3.67. The van der Waals surface area contributed by atoms with E-state index in [1.54, 1.807) is 12.4 Å². The average Bonchev–Trinajstić information content (AvgIpc) is 2.44. The lowest BCUT2D eigenvalue weighted by Gasteiger charge is -2.21. The quantitative estimate of drug-likeness (QED) is 0.857. The van der Waals surface area contributed by atoms with Crippen LogP contribution in [0.25, 0.3) is 11.0 Å². The van der Waals surface area contributed by atoms with E-state index in [2.05, 4.69) is 41.3 Å². The summed E-state index contributed by atoms with van der Waals surface area (Å²) in [7, 11) is 2.03. The first-order valence-electron chi connectivity index (χ1n) is 7.13. The second-order valence-electron chi connectivity index (χ2n) is 5.24. The summed E-state index contributed by atoms with van der Waals surface area (Å²) in [5.74, 6) is 0.717. The van der Waals surface area contributed by atoms with Gasteiger partial charge in [-0.15, -0.1) is 0 Å². The highest BCUT2D eigenvalue weighted by Gasteiger charge is 2.16. The molecule has 0 spiro atoms. The minimum Gasteiger partial charge on any atom is -0.313 e. The summed E-state index contributed by atoms with van der Waals surface area (Å²) < 4.78 is 0. The molecule has 2 aromatic rings. The van der Waals surface area contributed by atoms with Gasteiger partial charge in [0.2, 0.25) is 0 Å². The van der Waals surface area contributed by atoms with Crippen molar-refractivity contribution in [3.8, 4) is 0 Å². The second kappa shape index (κ2) is 6.62. The van der Waals surface area contributed by atoms with Crippen LogP contribution >= 0.6 is 0 Å². The molecule has 1 aromatic carbocycles. The van der Waals surface area contributed by atoms with Crippen molar-refractivity contribution in [3.63, 3.8) is 0 Å². The molecule has 19 heavy (non-hydrogen) atoms. The maximum absolute atomic E-state index is 4.50. The fourth-order valence-corrected chi connectivity index (χ4v) is 2.71. The second-order valence-corrected chi connectivity index (χ2v) is 5.24. The Labute approximate surface area is 115 Å². The van der Waals surface area contributed by atoms with Crippen molar-refractivity contribution < 1.29 is 0 Å². The summed E-state index contributed by atoms with van der Waals surface area (Å²) in [4.78, 5) is 8.88. The molecule has 3 nitrogen and oxygen atoms in total. The number of para-hydroxylation sites is 1. The molecule has 2 atom stereocenters. The predicted octanol–water partition coefficient (Wildman–Crippen LogP) is 3.72. The first-order chi connectivity index (χ1) is 9.26. The number of fused-ring (bicyclic) bond motifs is 1. The van der Waals surface area contributed by atoms with Gasteiger partial charge in [-0.2, -0.15) is 0 Å². The molecule has 0 aliphatic heterocycles. The summed E-state index contributed by atoms with van der Waals surface area (Å²) in [6.07, 6.45) is 7.18. The number of nitrogens with zero attached hydrogens (tertiary/aromatic N) is 2. The minimum absolute atomic E-state index is 0.349. The molecule has 0 aliphatic rings. The van der Waals surface area contributed by atoms with Gasteiger partial charge in [0.25, 0.3) is 0 Å². The predicted molar refractivity (Wildman–Crippen MR) is 80.0 cm³/mol. The topological polar surface area (TPSA) is 37.8 Å². The van der Waals surface area contributed by atoms with Crippen LogP contribution in [0.15, 0.2) is 30.6 Å². The molecular weight excluding hydrogens is 234 g/mol. The van der Waals surface area contributed by atoms with Gasteiger partial charge in [-0.1, -0.05) is 38.8 Å². The largest absolute Gasteiger partial charge is 0.313 e. The monoisotopic (exact) mass is 257 g/mol. The molecule has 102 valence electrons. The Morgan fingerprint density at radius 1 is 1.21 bits per heavy atom. The highest BCUT2D eigenvalue weighted by atomic mass is 14.9. The lowest BCUT2D eigenvalue weighted by atomic mass is 9.92. The van der Waals surface area contributed by atoms with Gasteiger partial charge < -0.3 is 5.32 Å². The maximum Gasteiger partial charge on any atom is 0.0934 e. The third kappa shape index (κ3) is 3.29. The Bertz CT molecular complexity index is 519. The van der Waals surface area contributed by atoms with Crippen molar-refractivity contribution >= 4 is 11.0 Å². The van der Waals surface area contributed by atoms with E-state index in [9.17, 15) is 0 Å². The third-order valence-electron chi connectivity index (χ3n) is 3.67. The zero-order valence-electron chi connectivity index (χ0n) is 12.1. The number of rotatable bonds is 6. The van der Waals surface area contributed by atoms with Gasteiger partial charge in [0.15, 0.2) is 0 Å². The molecule has 1 N–H and O–H groups in total. The molecule has 1 heterocycles. The average molecular weight is 257 g/mol. The zero-order chi connectivity index (χ0) is 13.7. The Hall–Kier alpha value is -1.48. The van der Waals surface area contributed by atoms with Crippen molar-refractivity contribution in [3.05, 3.63) is 36.2 Å². The summed E-state index contributed by atoms with van der Waals surface area (Å²) in [5.41, 5.74) is 3.26. The Balaban J connectivity index is 2.30. The van der Waals surface area contributed by atoms with Gasteiger partial charge in [0.05, 0.1) is 11.0 Å². The van der Waals surface area contributed by atoms with E-state index >= 15 is 0 Å². The molecule has 1 aromatic heterocycles. The van der Waals surface area contributed by atoms with Crippen molar-refractivity contribution in [2.75, 3.05) is 7.05 Å². The van der Waals surface area contributed by atoms with Crippen LogP contribution in [0.5, 0.6) is 0 Å². The van der Waals surface area contributed by atoms with E-state index in [1.165, 1.54) is 18.4 Å². The fourth-order valence-electron chi connectivity index (χ4n) is 2.71. The lowest BCUT2D eigenvalue weighted by Crippen LogP contribution is -2.19. The smallest absolute Gasteiger partial charge is 0.0934 e. The SMILES string of the molecule is CCCC(C)CC(NC)c1cccc2nccnc12. The van der Waals surface area contributed by atoms with Crippen molar-refractivity contribution in [2.24, 2.45) is 5.92 Å². The normalized spacial score (nSPS) is 14.5. The molecule has 0 amide bonds. The molecule has 0 aliphatic carbocycles. The molecule has 3 heteroatoms. The van der Waals surface area contributed by atoms with Crippen molar-refractivity contribution in [1.29, 1.82) is 0 Å². The standard InChI is InChI=1S/C16H23N3/c1-4-6-12(2)11-15(17-3)13-7-5-8-14-16(13)19-10-9-18-14/h5,7-10,12,15,17H,4,6,11H2,1-3H3. The van der Waals surface area contributed by atoms with Crippen molar-refractivity contribution in [1.82, 2.24) is 15.3 Å². The molecule has 0 saturated heterocycles. The molecule has 2 rings (SSSR count). The molecular formula is C16H23N3. The van der Waals surface area contributed by atoms with Crippen LogP contribution in [-0.2, 0) is 0 Å². The van der Waals surface area contributed by atoms with Crippen LogP contribution in [-0.4, -0.2) is 17.0 Å². The number of aromatic nitrogens is 2. The summed E-state index contributed by atoms with van der Waals surface area (Å²) in [6, 6.07) is 6.61. The highest BCUT2D eigenvalue weighted by molar-refractivity contribution is 5.78. The number of benzene rings is 1. The summed E-state index contributed by atoms with van der Waals surface area (Å²) in [5, 5.41) is 3.43. The minimum atomic E-state index is 0.349. The van der Waals surface area contributed by atoms with Crippen LogP contribution in [0.3, 0.4) is 0 Å². The van der Waals surface area contributed by atoms with E-state index in [0.717, 1.165) is 23.4 Å². The van der Waals surface area contributed by atoms with E-state index in [1.807, 2.05) is 13.1 Å². The number of hydrogen-bond donors (Lipinski definition) is 1. The summed E-state index contributed by atoms with van der Waals surface area (Å²) in [6.45, 7) is 4.57. The molecule has 2 unspecified atom stereocenters. The number of hydrogen-bond acceptors (Lipinski definition) is 3. The van der Waals surface area contributed by atoms with Gasteiger partial charge >= 0.3 is 0 Å². The van der Waals surface area contributed by atoms with E-state index < -0.39 is 0 Å².